The zero-order chi connectivity index (χ0) is 17.6. The van der Waals surface area contributed by atoms with E-state index in [1.807, 2.05) is 19.1 Å². The predicted molar refractivity (Wildman–Crippen MR) is 98.2 cm³/mol. The van der Waals surface area contributed by atoms with Crippen LogP contribution in [0.3, 0.4) is 0 Å². The van der Waals surface area contributed by atoms with E-state index in [9.17, 15) is 9.90 Å². The van der Waals surface area contributed by atoms with E-state index in [1.54, 1.807) is 24.3 Å². The third-order valence-corrected chi connectivity index (χ3v) is 4.04. The lowest BCUT2D eigenvalue weighted by atomic mass is 10.1. The van der Waals surface area contributed by atoms with Crippen LogP contribution in [0.15, 0.2) is 68.2 Å². The van der Waals surface area contributed by atoms with Crippen LogP contribution in [-0.2, 0) is 0 Å². The number of hydrogen-bond acceptors (Lipinski definition) is 5. The molecule has 1 heterocycles. The normalized spacial score (nSPS) is 11.1. The summed E-state index contributed by atoms with van der Waals surface area (Å²) in [7, 11) is 0. The van der Waals surface area contributed by atoms with Crippen molar-refractivity contribution >= 4 is 38.6 Å². The summed E-state index contributed by atoms with van der Waals surface area (Å²) >= 11 is 0. The largest absolute Gasteiger partial charge is 0.508 e. The van der Waals surface area contributed by atoms with Gasteiger partial charge >= 0.3 is 5.63 Å². The van der Waals surface area contributed by atoms with Crippen LogP contribution in [0.2, 0.25) is 0 Å². The Morgan fingerprint density at radius 3 is 2.44 bits per heavy atom. The molecule has 4 aromatic rings. The van der Waals surface area contributed by atoms with Crippen molar-refractivity contribution < 1.29 is 13.9 Å². The molecule has 5 heteroatoms. The second-order valence-corrected chi connectivity index (χ2v) is 5.93. The zero-order valence-electron chi connectivity index (χ0n) is 13.4. The van der Waals surface area contributed by atoms with Gasteiger partial charge in [0.25, 0.3) is 0 Å². The fourth-order valence-electron chi connectivity index (χ4n) is 2.84. The van der Waals surface area contributed by atoms with Gasteiger partial charge in [0.2, 0.25) is 0 Å². The molecule has 0 spiro atoms. The Hall–Kier alpha value is -3.47. The minimum Gasteiger partial charge on any atom is -0.508 e. The first-order valence-electron chi connectivity index (χ1n) is 7.75. The van der Waals surface area contributed by atoms with Crippen LogP contribution in [0.25, 0.3) is 32.9 Å². The molecule has 25 heavy (non-hydrogen) atoms. The van der Waals surface area contributed by atoms with Gasteiger partial charge in [-0.05, 0) is 42.6 Å². The molecule has 0 unspecified atom stereocenters. The van der Waals surface area contributed by atoms with Gasteiger partial charge in [-0.15, -0.1) is 0 Å². The summed E-state index contributed by atoms with van der Waals surface area (Å²) in [5, 5.41) is 11.6. The van der Waals surface area contributed by atoms with Crippen molar-refractivity contribution in [3.63, 3.8) is 0 Å². The quantitative estimate of drug-likeness (QED) is 0.465. The summed E-state index contributed by atoms with van der Waals surface area (Å²) in [4.78, 5) is 12.7. The van der Waals surface area contributed by atoms with Gasteiger partial charge in [0.05, 0.1) is 5.39 Å². The molecule has 0 saturated heterocycles. The van der Waals surface area contributed by atoms with Gasteiger partial charge in [-0.3, -0.25) is 0 Å². The molecule has 0 radical (unpaired) electrons. The summed E-state index contributed by atoms with van der Waals surface area (Å²) in [5.74, 6) is 0.00728. The number of fused-ring (bicyclic) bond motifs is 4. The minimum absolute atomic E-state index is 0.00728. The lowest BCUT2D eigenvalue weighted by molar-refractivity contribution is 0.473. The molecule has 4 rings (SSSR count). The van der Waals surface area contributed by atoms with Crippen LogP contribution < -0.4 is 11.4 Å². The van der Waals surface area contributed by atoms with Crippen molar-refractivity contribution in [2.45, 2.75) is 6.92 Å². The second-order valence-electron chi connectivity index (χ2n) is 5.93. The molecule has 0 fully saturated rings. The highest BCUT2D eigenvalue weighted by atomic mass is 16.4. The highest BCUT2D eigenvalue weighted by Crippen LogP contribution is 2.27. The number of aromatic hydroxyl groups is 1. The standard InChI is InChI=1S/C20H15NO4/c1-11-2-5-14-15-6-3-12(21)9-18(15)24-19-10-13(22)4-7-17(19)25-20(23)16(14)8-11/h2-10,22H,21H2,1H3. The molecule has 3 aromatic carbocycles. The van der Waals surface area contributed by atoms with E-state index in [2.05, 4.69) is 0 Å². The van der Waals surface area contributed by atoms with E-state index in [1.165, 1.54) is 18.2 Å². The molecule has 5 nitrogen and oxygen atoms in total. The van der Waals surface area contributed by atoms with Crippen LogP contribution in [0.4, 0.5) is 5.69 Å². The lowest BCUT2D eigenvalue weighted by Gasteiger charge is -2.00. The van der Waals surface area contributed by atoms with Crippen molar-refractivity contribution in [1.29, 1.82) is 0 Å². The van der Waals surface area contributed by atoms with Gasteiger partial charge in [0.1, 0.15) is 11.3 Å². The van der Waals surface area contributed by atoms with Crippen molar-refractivity contribution in [2.75, 3.05) is 5.73 Å². The number of nitrogens with two attached hydrogens (primary N) is 1. The second kappa shape index (κ2) is 5.56. The summed E-state index contributed by atoms with van der Waals surface area (Å²) in [6.07, 6.45) is 0. The molecule has 0 saturated carbocycles. The Balaban J connectivity index is 2.40. The van der Waals surface area contributed by atoms with Crippen molar-refractivity contribution in [3.8, 4) is 5.75 Å². The highest BCUT2D eigenvalue weighted by Gasteiger charge is 2.07. The Bertz CT molecular complexity index is 1250. The molecule has 0 amide bonds. The number of rotatable bonds is 0. The van der Waals surface area contributed by atoms with Crippen molar-refractivity contribution in [1.82, 2.24) is 0 Å². The predicted octanol–water partition coefficient (Wildman–Crippen LogP) is 4.41. The first-order valence-corrected chi connectivity index (χ1v) is 7.75. The fourth-order valence-corrected chi connectivity index (χ4v) is 2.84. The molecule has 0 bridgehead atoms. The summed E-state index contributed by atoms with van der Waals surface area (Å²) < 4.78 is 11.5. The van der Waals surface area contributed by atoms with Gasteiger partial charge < -0.3 is 19.7 Å². The van der Waals surface area contributed by atoms with Crippen LogP contribution in [0, 0.1) is 6.92 Å². The third-order valence-electron chi connectivity index (χ3n) is 4.04. The first kappa shape index (κ1) is 15.1. The van der Waals surface area contributed by atoms with E-state index in [0.717, 1.165) is 10.9 Å². The molecule has 124 valence electrons. The molecule has 0 atom stereocenters. The fraction of sp³-hybridized carbons (Fsp3) is 0.0500. The Labute approximate surface area is 142 Å². The maximum Gasteiger partial charge on any atom is 0.344 e. The number of anilines is 1. The van der Waals surface area contributed by atoms with E-state index < -0.39 is 5.63 Å². The van der Waals surface area contributed by atoms with E-state index >= 15 is 0 Å². The van der Waals surface area contributed by atoms with Crippen molar-refractivity contribution in [3.05, 3.63) is 70.6 Å². The molecule has 0 aliphatic carbocycles. The van der Waals surface area contributed by atoms with Crippen LogP contribution in [0.1, 0.15) is 5.56 Å². The maximum atomic E-state index is 12.7. The van der Waals surface area contributed by atoms with E-state index in [4.69, 9.17) is 14.6 Å². The molecular weight excluding hydrogens is 318 g/mol. The van der Waals surface area contributed by atoms with Gasteiger partial charge in [0, 0.05) is 23.2 Å². The molecule has 1 aromatic heterocycles. The Morgan fingerprint density at radius 2 is 1.60 bits per heavy atom. The average molecular weight is 333 g/mol. The topological polar surface area (TPSA) is 89.6 Å². The first-order chi connectivity index (χ1) is 12.0. The van der Waals surface area contributed by atoms with E-state index in [0.29, 0.717) is 22.0 Å². The molecular formula is C20H15NO4. The SMILES string of the molecule is Cc1ccc2c(c1)c(=O)oc1ccc(O)cc1oc1cc(N)ccc12. The monoisotopic (exact) mass is 333 g/mol. The van der Waals surface area contributed by atoms with Crippen LogP contribution in [-0.4, -0.2) is 5.11 Å². The van der Waals surface area contributed by atoms with E-state index in [-0.39, 0.29) is 16.9 Å². The Kier molecular flexibility index (Phi) is 3.35. The number of benzene rings is 3. The number of phenolic OH excluding ortho intramolecular Hbond substituents is 1. The number of nitrogen functional groups attached to an aromatic ring is 1. The number of phenols is 1. The molecule has 0 aliphatic heterocycles. The molecule has 3 N–H and O–H groups in total. The highest BCUT2D eigenvalue weighted by molar-refractivity contribution is 6.04. The third kappa shape index (κ3) is 2.65. The van der Waals surface area contributed by atoms with Crippen molar-refractivity contribution in [2.24, 2.45) is 0 Å². The minimum atomic E-state index is -0.487. The summed E-state index contributed by atoms with van der Waals surface area (Å²) in [5.41, 5.74) is 7.84. The number of hydrogen-bond donors (Lipinski definition) is 2. The van der Waals surface area contributed by atoms with Gasteiger partial charge in [-0.1, -0.05) is 17.7 Å². The summed E-state index contributed by atoms with van der Waals surface area (Å²) in [6, 6.07) is 15.1. The Morgan fingerprint density at radius 1 is 0.800 bits per heavy atom. The number of aryl methyl sites for hydroxylation is 1. The zero-order valence-corrected chi connectivity index (χ0v) is 13.4. The van der Waals surface area contributed by atoms with Gasteiger partial charge in [-0.2, -0.15) is 0 Å². The van der Waals surface area contributed by atoms with Crippen LogP contribution >= 0.6 is 0 Å². The summed E-state index contributed by atoms with van der Waals surface area (Å²) in [6.45, 7) is 1.91. The lowest BCUT2D eigenvalue weighted by Crippen LogP contribution is -1.96. The van der Waals surface area contributed by atoms with Gasteiger partial charge in [0.15, 0.2) is 11.2 Å². The van der Waals surface area contributed by atoms with Crippen LogP contribution in [0.5, 0.6) is 5.75 Å². The van der Waals surface area contributed by atoms with Gasteiger partial charge in [-0.25, -0.2) is 4.79 Å². The molecule has 0 aliphatic rings. The maximum absolute atomic E-state index is 12.7. The smallest absolute Gasteiger partial charge is 0.344 e. The average Bonchev–Trinajstić information content (AvgIpc) is 2.61.